The van der Waals surface area contributed by atoms with Crippen LogP contribution in [0.3, 0.4) is 0 Å². The number of hydroxylamine groups is 2. The Bertz CT molecular complexity index is 620. The molecule has 0 N–H and O–H groups in total. The van der Waals surface area contributed by atoms with Crippen molar-refractivity contribution in [3.63, 3.8) is 0 Å². The number of fused-ring (bicyclic) bond motifs is 1. The summed E-state index contributed by atoms with van der Waals surface area (Å²) in [5, 5.41) is 1.55. The van der Waals surface area contributed by atoms with E-state index in [2.05, 4.69) is 4.90 Å². The van der Waals surface area contributed by atoms with Crippen LogP contribution in [0.15, 0.2) is 24.3 Å². The van der Waals surface area contributed by atoms with Gasteiger partial charge >= 0.3 is 0 Å². The molecular formula is C19H25FN2O3. The maximum Gasteiger partial charge on any atom is 0.251 e. The van der Waals surface area contributed by atoms with Gasteiger partial charge in [-0.1, -0.05) is 12.1 Å². The van der Waals surface area contributed by atoms with Crippen molar-refractivity contribution in [3.05, 3.63) is 35.6 Å². The first kappa shape index (κ1) is 16.9. The minimum absolute atomic E-state index is 0.0713. The zero-order valence-electron chi connectivity index (χ0n) is 14.4. The van der Waals surface area contributed by atoms with E-state index in [1.807, 2.05) is 6.07 Å². The van der Waals surface area contributed by atoms with E-state index in [1.165, 1.54) is 6.07 Å². The molecular weight excluding hydrogens is 323 g/mol. The number of nitrogens with zero attached hydrogens (tertiary/aromatic N) is 2. The Labute approximate surface area is 147 Å². The van der Waals surface area contributed by atoms with Crippen LogP contribution in [-0.2, 0) is 20.9 Å². The van der Waals surface area contributed by atoms with E-state index in [1.54, 1.807) is 17.2 Å². The number of hydrogen-bond donors (Lipinski definition) is 0. The number of hydrogen-bond acceptors (Lipinski definition) is 4. The number of benzene rings is 1. The largest absolute Gasteiger partial charge is 0.380 e. The highest BCUT2D eigenvalue weighted by Gasteiger charge is 2.45. The topological polar surface area (TPSA) is 42.0 Å². The molecule has 0 radical (unpaired) electrons. The molecule has 3 heterocycles. The van der Waals surface area contributed by atoms with E-state index in [4.69, 9.17) is 9.57 Å². The molecule has 0 saturated carbocycles. The third kappa shape index (κ3) is 3.71. The third-order valence-electron chi connectivity index (χ3n) is 5.57. The first-order valence-corrected chi connectivity index (χ1v) is 9.19. The molecule has 3 saturated heterocycles. The second-order valence-corrected chi connectivity index (χ2v) is 7.37. The molecule has 0 bridgehead atoms. The minimum Gasteiger partial charge on any atom is -0.380 e. The van der Waals surface area contributed by atoms with Gasteiger partial charge in [-0.3, -0.25) is 14.5 Å². The number of halogens is 1. The van der Waals surface area contributed by atoms with Crippen LogP contribution in [0.1, 0.15) is 18.4 Å². The average Bonchev–Trinajstić information content (AvgIpc) is 3.04. The molecule has 3 atom stereocenters. The van der Waals surface area contributed by atoms with Gasteiger partial charge in [0.15, 0.2) is 0 Å². The maximum absolute atomic E-state index is 13.4. The van der Waals surface area contributed by atoms with Gasteiger partial charge in [-0.25, -0.2) is 9.45 Å². The zero-order chi connectivity index (χ0) is 17.2. The third-order valence-corrected chi connectivity index (χ3v) is 5.57. The average molecular weight is 348 g/mol. The summed E-state index contributed by atoms with van der Waals surface area (Å²) < 4.78 is 19.1. The molecule has 25 heavy (non-hydrogen) atoms. The van der Waals surface area contributed by atoms with Gasteiger partial charge in [0.1, 0.15) is 5.82 Å². The monoisotopic (exact) mass is 348 g/mol. The number of likely N-dealkylation sites (tertiary alicyclic amines) is 1. The number of rotatable bonds is 3. The smallest absolute Gasteiger partial charge is 0.251 e. The van der Waals surface area contributed by atoms with E-state index in [9.17, 15) is 9.18 Å². The van der Waals surface area contributed by atoms with Crippen LogP contribution in [0, 0.1) is 23.6 Å². The van der Waals surface area contributed by atoms with Gasteiger partial charge in [-0.05, 0) is 42.4 Å². The van der Waals surface area contributed by atoms with E-state index in [0.717, 1.165) is 31.5 Å². The molecule has 4 rings (SSSR count). The van der Waals surface area contributed by atoms with E-state index in [0.29, 0.717) is 44.7 Å². The Balaban J connectivity index is 1.42. The van der Waals surface area contributed by atoms with Gasteiger partial charge in [0.05, 0.1) is 25.7 Å². The Hall–Kier alpha value is -1.50. The summed E-state index contributed by atoms with van der Waals surface area (Å²) in [6, 6.07) is 6.75. The second-order valence-electron chi connectivity index (χ2n) is 7.37. The van der Waals surface area contributed by atoms with Crippen LogP contribution in [-0.4, -0.2) is 55.3 Å². The lowest BCUT2D eigenvalue weighted by atomic mass is 9.82. The maximum atomic E-state index is 13.4. The van der Waals surface area contributed by atoms with Crippen LogP contribution in [0.25, 0.3) is 0 Å². The van der Waals surface area contributed by atoms with Crippen molar-refractivity contribution in [3.8, 4) is 0 Å². The summed E-state index contributed by atoms with van der Waals surface area (Å²) in [5.74, 6) is 0.394. The molecule has 3 fully saturated rings. The SMILES string of the molecule is O=C([C@H]1COC[C@@H]2CN(Cc3cccc(F)c3)C[C@@H]21)N1CCCCO1. The van der Waals surface area contributed by atoms with Gasteiger partial charge in [-0.2, -0.15) is 0 Å². The lowest BCUT2D eigenvalue weighted by molar-refractivity contribution is -0.207. The first-order valence-electron chi connectivity index (χ1n) is 9.19. The molecule has 3 aliphatic heterocycles. The standard InChI is InChI=1S/C19H25FN2O3/c20-16-5-3-4-14(8-16)9-21-10-15-12-24-13-18(17(15)11-21)19(23)22-6-1-2-7-25-22/h3-5,8,15,17-18H,1-2,6-7,9-13H2/t15-,17-,18-/m0/s1. The van der Waals surface area contributed by atoms with Crippen molar-refractivity contribution < 1.29 is 18.8 Å². The van der Waals surface area contributed by atoms with Crippen molar-refractivity contribution in [2.45, 2.75) is 19.4 Å². The lowest BCUT2D eigenvalue weighted by Crippen LogP contribution is -2.47. The summed E-state index contributed by atoms with van der Waals surface area (Å²) in [6.45, 7) is 4.95. The van der Waals surface area contributed by atoms with E-state index in [-0.39, 0.29) is 17.6 Å². The highest BCUT2D eigenvalue weighted by molar-refractivity contribution is 5.78. The Morgan fingerprint density at radius 3 is 2.96 bits per heavy atom. The molecule has 136 valence electrons. The Morgan fingerprint density at radius 2 is 2.16 bits per heavy atom. The summed E-state index contributed by atoms with van der Waals surface area (Å²) in [6.07, 6.45) is 2.01. The van der Waals surface area contributed by atoms with Crippen LogP contribution in [0.2, 0.25) is 0 Å². The number of amides is 1. The summed E-state index contributed by atoms with van der Waals surface area (Å²) in [7, 11) is 0. The fourth-order valence-corrected chi connectivity index (χ4v) is 4.32. The first-order chi connectivity index (χ1) is 12.2. The van der Waals surface area contributed by atoms with Crippen molar-refractivity contribution >= 4 is 5.91 Å². The van der Waals surface area contributed by atoms with Gasteiger partial charge in [0.2, 0.25) is 0 Å². The van der Waals surface area contributed by atoms with E-state index < -0.39 is 0 Å². The number of carbonyl (C=O) groups is 1. The molecule has 5 nitrogen and oxygen atoms in total. The van der Waals surface area contributed by atoms with Crippen molar-refractivity contribution in [1.29, 1.82) is 0 Å². The Morgan fingerprint density at radius 1 is 1.24 bits per heavy atom. The molecule has 0 unspecified atom stereocenters. The highest BCUT2D eigenvalue weighted by atomic mass is 19.1. The zero-order valence-corrected chi connectivity index (χ0v) is 14.4. The van der Waals surface area contributed by atoms with Gasteiger partial charge in [0.25, 0.3) is 5.91 Å². The summed E-state index contributed by atoms with van der Waals surface area (Å²) in [4.78, 5) is 20.7. The van der Waals surface area contributed by atoms with Crippen LogP contribution < -0.4 is 0 Å². The van der Waals surface area contributed by atoms with Gasteiger partial charge in [-0.15, -0.1) is 0 Å². The van der Waals surface area contributed by atoms with Crippen LogP contribution in [0.5, 0.6) is 0 Å². The normalized spacial score (nSPS) is 30.3. The number of ether oxygens (including phenoxy) is 1. The fraction of sp³-hybridized carbons (Fsp3) is 0.632. The predicted molar refractivity (Wildman–Crippen MR) is 89.9 cm³/mol. The summed E-state index contributed by atoms with van der Waals surface area (Å²) >= 11 is 0. The van der Waals surface area contributed by atoms with E-state index >= 15 is 0 Å². The van der Waals surface area contributed by atoms with Crippen LogP contribution in [0.4, 0.5) is 4.39 Å². The summed E-state index contributed by atoms with van der Waals surface area (Å²) in [5.41, 5.74) is 0.974. The van der Waals surface area contributed by atoms with Crippen molar-refractivity contribution in [2.75, 3.05) is 39.5 Å². The molecule has 0 spiro atoms. The fourth-order valence-electron chi connectivity index (χ4n) is 4.32. The van der Waals surface area contributed by atoms with Crippen LogP contribution >= 0.6 is 0 Å². The number of carbonyl (C=O) groups excluding carboxylic acids is 1. The molecule has 1 aromatic rings. The second kappa shape index (κ2) is 7.40. The lowest BCUT2D eigenvalue weighted by Gasteiger charge is -2.36. The molecule has 6 heteroatoms. The molecule has 0 aromatic heterocycles. The molecule has 3 aliphatic rings. The Kier molecular flexibility index (Phi) is 5.01. The van der Waals surface area contributed by atoms with Crippen molar-refractivity contribution in [2.24, 2.45) is 17.8 Å². The van der Waals surface area contributed by atoms with Gasteiger partial charge < -0.3 is 4.74 Å². The van der Waals surface area contributed by atoms with Gasteiger partial charge in [0, 0.05) is 26.2 Å². The molecule has 0 aliphatic carbocycles. The molecule has 1 aromatic carbocycles. The minimum atomic E-state index is -0.201. The predicted octanol–water partition coefficient (Wildman–Crippen LogP) is 2.07. The molecule has 1 amide bonds. The highest BCUT2D eigenvalue weighted by Crippen LogP contribution is 2.36. The van der Waals surface area contributed by atoms with Crippen molar-refractivity contribution in [1.82, 2.24) is 9.96 Å². The quantitative estimate of drug-likeness (QED) is 0.839.